The van der Waals surface area contributed by atoms with Gasteiger partial charge in [0.05, 0.1) is 18.5 Å². The molecule has 0 N–H and O–H groups in total. The fourth-order valence-corrected chi connectivity index (χ4v) is 3.24. The number of rotatable bonds is 4. The number of methoxy groups -OCH3 is 1. The van der Waals surface area contributed by atoms with Crippen LogP contribution < -0.4 is 0 Å². The van der Waals surface area contributed by atoms with Crippen molar-refractivity contribution in [3.63, 3.8) is 0 Å². The van der Waals surface area contributed by atoms with Crippen LogP contribution in [0.25, 0.3) is 0 Å². The summed E-state index contributed by atoms with van der Waals surface area (Å²) in [6, 6.07) is 3.75. The van der Waals surface area contributed by atoms with E-state index in [0.29, 0.717) is 25.4 Å². The number of carbonyl (C=O) groups excluding carboxylic acids is 1. The Balaban J connectivity index is 1.90. The van der Waals surface area contributed by atoms with Crippen molar-refractivity contribution in [3.05, 3.63) is 41.5 Å². The maximum atomic E-state index is 12.8. The Bertz CT molecular complexity index is 673. The largest absolute Gasteiger partial charge is 0.384 e. The lowest BCUT2D eigenvalue weighted by molar-refractivity contribution is 0.0666. The lowest BCUT2D eigenvalue weighted by atomic mass is 9.96. The Morgan fingerprint density at radius 2 is 2.32 bits per heavy atom. The standard InChI is InChI=1S/C16H22N4O2/c1-4-20-15-12(8-17-20)9-19(10-13(15)11-22-3)16(21)14-6-5-7-18(14)2/h5-8,13H,4,9-11H2,1-3H3. The van der Waals surface area contributed by atoms with Gasteiger partial charge in [0.2, 0.25) is 0 Å². The van der Waals surface area contributed by atoms with Gasteiger partial charge in [0.1, 0.15) is 5.69 Å². The molecule has 1 atom stereocenters. The summed E-state index contributed by atoms with van der Waals surface area (Å²) in [5.74, 6) is 0.226. The molecule has 0 saturated heterocycles. The molecule has 0 radical (unpaired) electrons. The van der Waals surface area contributed by atoms with Crippen LogP contribution in [0.3, 0.4) is 0 Å². The smallest absolute Gasteiger partial charge is 0.270 e. The van der Waals surface area contributed by atoms with Crippen molar-refractivity contribution in [2.45, 2.75) is 25.9 Å². The van der Waals surface area contributed by atoms with Crippen molar-refractivity contribution in [1.29, 1.82) is 0 Å². The van der Waals surface area contributed by atoms with E-state index in [2.05, 4.69) is 12.0 Å². The van der Waals surface area contributed by atoms with E-state index in [4.69, 9.17) is 4.74 Å². The van der Waals surface area contributed by atoms with E-state index in [1.54, 1.807) is 7.11 Å². The van der Waals surface area contributed by atoms with E-state index in [1.807, 2.05) is 45.7 Å². The number of ether oxygens (including phenoxy) is 1. The van der Waals surface area contributed by atoms with E-state index in [9.17, 15) is 4.79 Å². The number of aromatic nitrogens is 3. The second-order valence-electron chi connectivity index (χ2n) is 5.71. The zero-order valence-corrected chi connectivity index (χ0v) is 13.3. The topological polar surface area (TPSA) is 52.3 Å². The predicted octanol–water partition coefficient (Wildman–Crippen LogP) is 1.63. The van der Waals surface area contributed by atoms with Crippen LogP contribution >= 0.6 is 0 Å². The molecule has 2 aromatic heterocycles. The monoisotopic (exact) mass is 302 g/mol. The molecule has 22 heavy (non-hydrogen) atoms. The molecule has 0 aromatic carbocycles. The van der Waals surface area contributed by atoms with Gasteiger partial charge in [-0.3, -0.25) is 9.48 Å². The van der Waals surface area contributed by atoms with E-state index in [1.165, 1.54) is 5.69 Å². The van der Waals surface area contributed by atoms with Crippen LogP contribution in [0.1, 0.15) is 34.6 Å². The summed E-state index contributed by atoms with van der Waals surface area (Å²) in [5, 5.41) is 4.44. The van der Waals surface area contributed by atoms with Gasteiger partial charge < -0.3 is 14.2 Å². The van der Waals surface area contributed by atoms with Gasteiger partial charge in [-0.25, -0.2) is 0 Å². The number of nitrogens with zero attached hydrogens (tertiary/aromatic N) is 4. The highest BCUT2D eigenvalue weighted by Gasteiger charge is 2.32. The Labute approximate surface area is 130 Å². The number of carbonyl (C=O) groups is 1. The molecule has 6 heteroatoms. The predicted molar refractivity (Wildman–Crippen MR) is 82.7 cm³/mol. The minimum absolute atomic E-state index is 0.0588. The van der Waals surface area contributed by atoms with Gasteiger partial charge in [-0.1, -0.05) is 0 Å². The highest BCUT2D eigenvalue weighted by molar-refractivity contribution is 5.93. The van der Waals surface area contributed by atoms with Gasteiger partial charge in [-0.2, -0.15) is 5.10 Å². The average Bonchev–Trinajstić information content (AvgIpc) is 3.12. The Kier molecular flexibility index (Phi) is 4.02. The lowest BCUT2D eigenvalue weighted by Crippen LogP contribution is -2.40. The van der Waals surface area contributed by atoms with Crippen LogP contribution in [-0.4, -0.2) is 45.4 Å². The first-order chi connectivity index (χ1) is 10.7. The first-order valence-corrected chi connectivity index (χ1v) is 7.59. The summed E-state index contributed by atoms with van der Waals surface area (Å²) in [6.07, 6.45) is 3.77. The van der Waals surface area contributed by atoms with Crippen molar-refractivity contribution in [1.82, 2.24) is 19.2 Å². The van der Waals surface area contributed by atoms with Crippen molar-refractivity contribution < 1.29 is 9.53 Å². The molecule has 3 rings (SSSR count). The van der Waals surface area contributed by atoms with Gasteiger partial charge >= 0.3 is 0 Å². The van der Waals surface area contributed by atoms with E-state index < -0.39 is 0 Å². The third-order valence-electron chi connectivity index (χ3n) is 4.27. The maximum absolute atomic E-state index is 12.8. The van der Waals surface area contributed by atoms with Gasteiger partial charge in [0, 0.05) is 51.5 Å². The summed E-state index contributed by atoms with van der Waals surface area (Å²) in [6.45, 7) is 4.78. The number of hydrogen-bond donors (Lipinski definition) is 0. The first kappa shape index (κ1) is 14.8. The van der Waals surface area contributed by atoms with Crippen LogP contribution in [0.2, 0.25) is 0 Å². The fraction of sp³-hybridized carbons (Fsp3) is 0.500. The molecule has 0 spiro atoms. The highest BCUT2D eigenvalue weighted by Crippen LogP contribution is 2.29. The number of hydrogen-bond acceptors (Lipinski definition) is 3. The molecule has 0 bridgehead atoms. The number of amides is 1. The lowest BCUT2D eigenvalue weighted by Gasteiger charge is -2.33. The molecule has 1 aliphatic heterocycles. The summed E-state index contributed by atoms with van der Waals surface area (Å²) in [4.78, 5) is 14.6. The molecule has 3 heterocycles. The minimum atomic E-state index is 0.0588. The Hall–Kier alpha value is -2.08. The van der Waals surface area contributed by atoms with Crippen LogP contribution in [-0.2, 0) is 24.9 Å². The SMILES string of the molecule is CCn1ncc2c1C(COC)CN(C(=O)c1cccn1C)C2. The van der Waals surface area contributed by atoms with Crippen LogP contribution in [0.15, 0.2) is 24.5 Å². The van der Waals surface area contributed by atoms with Crippen LogP contribution in [0, 0.1) is 0 Å². The highest BCUT2D eigenvalue weighted by atomic mass is 16.5. The molecule has 118 valence electrons. The molecule has 6 nitrogen and oxygen atoms in total. The summed E-state index contributed by atoms with van der Waals surface area (Å²) < 4.78 is 9.24. The average molecular weight is 302 g/mol. The van der Waals surface area contributed by atoms with Crippen molar-refractivity contribution in [2.75, 3.05) is 20.3 Å². The van der Waals surface area contributed by atoms with Crippen molar-refractivity contribution in [3.8, 4) is 0 Å². The molecule has 1 unspecified atom stereocenters. The van der Waals surface area contributed by atoms with Crippen molar-refractivity contribution >= 4 is 5.91 Å². The molecule has 0 saturated carbocycles. The maximum Gasteiger partial charge on any atom is 0.270 e. The van der Waals surface area contributed by atoms with Crippen LogP contribution in [0.4, 0.5) is 0 Å². The van der Waals surface area contributed by atoms with Gasteiger partial charge in [0.15, 0.2) is 0 Å². The fourth-order valence-electron chi connectivity index (χ4n) is 3.24. The van der Waals surface area contributed by atoms with Gasteiger partial charge in [-0.05, 0) is 19.1 Å². The zero-order chi connectivity index (χ0) is 15.7. The summed E-state index contributed by atoms with van der Waals surface area (Å²) in [5.41, 5.74) is 3.04. The van der Waals surface area contributed by atoms with Crippen molar-refractivity contribution in [2.24, 2.45) is 7.05 Å². The zero-order valence-electron chi connectivity index (χ0n) is 13.3. The molecule has 0 fully saturated rings. The minimum Gasteiger partial charge on any atom is -0.384 e. The summed E-state index contributed by atoms with van der Waals surface area (Å²) in [7, 11) is 3.59. The normalized spacial score (nSPS) is 17.6. The molecule has 0 aliphatic carbocycles. The van der Waals surface area contributed by atoms with E-state index >= 15 is 0 Å². The Morgan fingerprint density at radius 3 is 2.95 bits per heavy atom. The van der Waals surface area contributed by atoms with Gasteiger partial charge in [0.25, 0.3) is 5.91 Å². The second kappa shape index (κ2) is 5.96. The molecule has 1 aliphatic rings. The van der Waals surface area contributed by atoms with E-state index in [-0.39, 0.29) is 11.8 Å². The molecule has 1 amide bonds. The molecular weight excluding hydrogens is 280 g/mol. The molecule has 2 aromatic rings. The quantitative estimate of drug-likeness (QED) is 0.862. The summed E-state index contributed by atoms with van der Waals surface area (Å²) >= 11 is 0. The Morgan fingerprint density at radius 1 is 1.50 bits per heavy atom. The molecular formula is C16H22N4O2. The van der Waals surface area contributed by atoms with Crippen LogP contribution in [0.5, 0.6) is 0 Å². The third-order valence-corrected chi connectivity index (χ3v) is 4.27. The third kappa shape index (κ3) is 2.43. The first-order valence-electron chi connectivity index (χ1n) is 7.59. The number of fused-ring (bicyclic) bond motifs is 1. The number of aryl methyl sites for hydroxylation is 2. The van der Waals surface area contributed by atoms with E-state index in [0.717, 1.165) is 12.1 Å². The van der Waals surface area contributed by atoms with Gasteiger partial charge in [-0.15, -0.1) is 0 Å². The second-order valence-corrected chi connectivity index (χ2v) is 5.71.